The van der Waals surface area contributed by atoms with E-state index in [0.717, 1.165) is 12.8 Å². The van der Waals surface area contributed by atoms with E-state index in [2.05, 4.69) is 16.0 Å². The van der Waals surface area contributed by atoms with Crippen molar-refractivity contribution in [2.75, 3.05) is 24.5 Å². The molecule has 2 amide bonds. The third-order valence-corrected chi connectivity index (χ3v) is 4.56. The molecule has 0 saturated carbocycles. The summed E-state index contributed by atoms with van der Waals surface area (Å²) in [6.07, 6.45) is 2.23. The smallest absolute Gasteiger partial charge is 0.257 e. The van der Waals surface area contributed by atoms with Crippen LogP contribution in [-0.2, 0) is 4.79 Å². The molecule has 3 N–H and O–H groups in total. The van der Waals surface area contributed by atoms with Gasteiger partial charge in [0.1, 0.15) is 5.75 Å². The second-order valence-electron chi connectivity index (χ2n) is 6.54. The number of ether oxygens (including phenoxy) is 3. The van der Waals surface area contributed by atoms with Gasteiger partial charge in [-0.1, -0.05) is 13.3 Å². The molecule has 1 aliphatic rings. The van der Waals surface area contributed by atoms with Gasteiger partial charge < -0.3 is 24.8 Å². The number of thiocarbonyl (C=S) groups is 1. The van der Waals surface area contributed by atoms with Gasteiger partial charge in [-0.05, 0) is 49.0 Å². The second kappa shape index (κ2) is 9.93. The Morgan fingerprint density at radius 2 is 1.90 bits per heavy atom. The minimum atomic E-state index is -0.377. The molecule has 3 rings (SSSR count). The molecule has 2 aromatic rings. The lowest BCUT2D eigenvalue weighted by atomic mass is 10.2. The van der Waals surface area contributed by atoms with Crippen molar-refractivity contribution in [3.63, 3.8) is 0 Å². The summed E-state index contributed by atoms with van der Waals surface area (Å²) >= 11 is 5.23. The van der Waals surface area contributed by atoms with Gasteiger partial charge in [-0.2, -0.15) is 0 Å². The standard InChI is InChI=1S/C21H23N3O5S/c1-3-4-5-19(25)23-15-8-7-14(11-17(15)27-2)22-21(30)24-20(26)13-6-9-16-18(10-13)29-12-28-16/h6-11H,3-5,12H2,1-2H3,(H,23,25)(H2,22,24,26,30). The number of carbonyl (C=O) groups is 2. The zero-order chi connectivity index (χ0) is 21.5. The van der Waals surface area contributed by atoms with Crippen LogP contribution in [0.15, 0.2) is 36.4 Å². The lowest BCUT2D eigenvalue weighted by Crippen LogP contribution is -2.34. The lowest BCUT2D eigenvalue weighted by Gasteiger charge is -2.14. The fourth-order valence-electron chi connectivity index (χ4n) is 2.80. The highest BCUT2D eigenvalue weighted by atomic mass is 32.1. The number of amides is 2. The number of hydrogen-bond donors (Lipinski definition) is 3. The zero-order valence-electron chi connectivity index (χ0n) is 16.7. The Kier molecular flexibility index (Phi) is 7.08. The van der Waals surface area contributed by atoms with E-state index in [1.165, 1.54) is 7.11 Å². The van der Waals surface area contributed by atoms with Crippen molar-refractivity contribution < 1.29 is 23.8 Å². The summed E-state index contributed by atoms with van der Waals surface area (Å²) in [6.45, 7) is 2.17. The Balaban J connectivity index is 1.60. The van der Waals surface area contributed by atoms with Crippen LogP contribution in [0.3, 0.4) is 0 Å². The third kappa shape index (κ3) is 5.38. The van der Waals surface area contributed by atoms with Crippen LogP contribution in [0.25, 0.3) is 0 Å². The molecule has 1 aliphatic heterocycles. The van der Waals surface area contributed by atoms with Crippen LogP contribution in [0.4, 0.5) is 11.4 Å². The Morgan fingerprint density at radius 3 is 2.67 bits per heavy atom. The van der Waals surface area contributed by atoms with Gasteiger partial charge in [-0.3, -0.25) is 14.9 Å². The highest BCUT2D eigenvalue weighted by Gasteiger charge is 2.17. The van der Waals surface area contributed by atoms with E-state index in [0.29, 0.717) is 40.6 Å². The van der Waals surface area contributed by atoms with Gasteiger partial charge in [0, 0.05) is 23.7 Å². The second-order valence-corrected chi connectivity index (χ2v) is 6.95. The molecule has 158 valence electrons. The molecular formula is C21H23N3O5S. The summed E-state index contributed by atoms with van der Waals surface area (Å²) in [6, 6.07) is 10.0. The van der Waals surface area contributed by atoms with Gasteiger partial charge >= 0.3 is 0 Å². The maximum Gasteiger partial charge on any atom is 0.257 e. The van der Waals surface area contributed by atoms with Crippen molar-refractivity contribution in [2.24, 2.45) is 0 Å². The molecule has 0 aliphatic carbocycles. The van der Waals surface area contributed by atoms with Crippen molar-refractivity contribution in [1.82, 2.24) is 5.32 Å². The number of fused-ring (bicyclic) bond motifs is 1. The van der Waals surface area contributed by atoms with E-state index in [1.54, 1.807) is 36.4 Å². The van der Waals surface area contributed by atoms with Crippen molar-refractivity contribution in [2.45, 2.75) is 26.2 Å². The van der Waals surface area contributed by atoms with E-state index in [9.17, 15) is 9.59 Å². The summed E-state index contributed by atoms with van der Waals surface area (Å²) in [5, 5.41) is 8.51. The van der Waals surface area contributed by atoms with Crippen LogP contribution in [0.1, 0.15) is 36.5 Å². The summed E-state index contributed by atoms with van der Waals surface area (Å²) in [5.41, 5.74) is 1.57. The van der Waals surface area contributed by atoms with E-state index in [4.69, 9.17) is 26.4 Å². The Morgan fingerprint density at radius 1 is 1.10 bits per heavy atom. The van der Waals surface area contributed by atoms with Crippen LogP contribution in [0, 0.1) is 0 Å². The average Bonchev–Trinajstić information content (AvgIpc) is 3.21. The lowest BCUT2D eigenvalue weighted by molar-refractivity contribution is -0.116. The van der Waals surface area contributed by atoms with Gasteiger partial charge in [0.25, 0.3) is 5.91 Å². The van der Waals surface area contributed by atoms with Crippen LogP contribution < -0.4 is 30.2 Å². The van der Waals surface area contributed by atoms with Gasteiger partial charge in [-0.15, -0.1) is 0 Å². The van der Waals surface area contributed by atoms with E-state index >= 15 is 0 Å². The first-order chi connectivity index (χ1) is 14.5. The summed E-state index contributed by atoms with van der Waals surface area (Å²) in [4.78, 5) is 24.4. The number of nitrogens with one attached hydrogen (secondary N) is 3. The minimum absolute atomic E-state index is 0.0673. The first kappa shape index (κ1) is 21.4. The predicted octanol–water partition coefficient (Wildman–Crippen LogP) is 3.68. The van der Waals surface area contributed by atoms with Gasteiger partial charge in [0.05, 0.1) is 12.8 Å². The molecule has 0 spiro atoms. The molecular weight excluding hydrogens is 406 g/mol. The monoisotopic (exact) mass is 429 g/mol. The fraction of sp³-hybridized carbons (Fsp3) is 0.286. The minimum Gasteiger partial charge on any atom is -0.494 e. The SMILES string of the molecule is CCCCC(=O)Nc1ccc(NC(=S)NC(=O)c2ccc3c(c2)OCO3)cc1OC. The Hall–Kier alpha value is -3.33. The largest absolute Gasteiger partial charge is 0.494 e. The maximum atomic E-state index is 12.4. The van der Waals surface area contributed by atoms with E-state index < -0.39 is 0 Å². The maximum absolute atomic E-state index is 12.4. The van der Waals surface area contributed by atoms with E-state index in [1.807, 2.05) is 6.92 Å². The molecule has 8 nitrogen and oxygen atoms in total. The normalized spacial score (nSPS) is 11.5. The van der Waals surface area contributed by atoms with Crippen LogP contribution >= 0.6 is 12.2 Å². The first-order valence-corrected chi connectivity index (χ1v) is 9.91. The van der Waals surface area contributed by atoms with Crippen LogP contribution in [0.2, 0.25) is 0 Å². The number of methoxy groups -OCH3 is 1. The number of anilines is 2. The Bertz CT molecular complexity index is 964. The number of rotatable bonds is 7. The number of benzene rings is 2. The highest BCUT2D eigenvalue weighted by Crippen LogP contribution is 2.32. The summed E-state index contributed by atoms with van der Waals surface area (Å²) < 4.78 is 15.9. The molecule has 2 aromatic carbocycles. The molecule has 30 heavy (non-hydrogen) atoms. The van der Waals surface area contributed by atoms with Gasteiger partial charge in [0.2, 0.25) is 12.7 Å². The number of carbonyl (C=O) groups excluding carboxylic acids is 2. The molecule has 0 fully saturated rings. The van der Waals surface area contributed by atoms with Crippen LogP contribution in [0.5, 0.6) is 17.2 Å². The topological polar surface area (TPSA) is 97.9 Å². The third-order valence-electron chi connectivity index (χ3n) is 4.35. The summed E-state index contributed by atoms with van der Waals surface area (Å²) in [7, 11) is 1.51. The number of unbranched alkanes of at least 4 members (excludes halogenated alkanes) is 1. The van der Waals surface area contributed by atoms with Crippen molar-refractivity contribution in [1.29, 1.82) is 0 Å². The molecule has 0 atom stereocenters. The number of hydrogen-bond acceptors (Lipinski definition) is 6. The van der Waals surface area contributed by atoms with Crippen molar-refractivity contribution >= 4 is 40.5 Å². The molecule has 9 heteroatoms. The van der Waals surface area contributed by atoms with Gasteiger partial charge in [0.15, 0.2) is 16.6 Å². The summed E-state index contributed by atoms with van der Waals surface area (Å²) in [5.74, 6) is 1.15. The highest BCUT2D eigenvalue weighted by molar-refractivity contribution is 7.80. The quantitative estimate of drug-likeness (QED) is 0.578. The molecule has 0 unspecified atom stereocenters. The molecule has 0 saturated heterocycles. The van der Waals surface area contributed by atoms with Crippen molar-refractivity contribution in [3.05, 3.63) is 42.0 Å². The fourth-order valence-corrected chi connectivity index (χ4v) is 3.01. The molecule has 1 heterocycles. The first-order valence-electron chi connectivity index (χ1n) is 9.50. The Labute approximate surface area is 179 Å². The molecule has 0 radical (unpaired) electrons. The zero-order valence-corrected chi connectivity index (χ0v) is 17.6. The van der Waals surface area contributed by atoms with Crippen molar-refractivity contribution in [3.8, 4) is 17.2 Å². The molecule has 0 aromatic heterocycles. The van der Waals surface area contributed by atoms with Crippen LogP contribution in [-0.4, -0.2) is 30.8 Å². The van der Waals surface area contributed by atoms with E-state index in [-0.39, 0.29) is 23.7 Å². The average molecular weight is 429 g/mol. The molecule has 0 bridgehead atoms. The predicted molar refractivity (Wildman–Crippen MR) is 117 cm³/mol. The van der Waals surface area contributed by atoms with Gasteiger partial charge in [-0.25, -0.2) is 0 Å².